The third kappa shape index (κ3) is 4.12. The van der Waals surface area contributed by atoms with Crippen LogP contribution >= 0.6 is 23.2 Å². The van der Waals surface area contributed by atoms with Crippen LogP contribution in [0.3, 0.4) is 0 Å². The minimum absolute atomic E-state index is 0.268. The van der Waals surface area contributed by atoms with E-state index in [-0.39, 0.29) is 5.91 Å². The fraction of sp³-hybridized carbons (Fsp3) is 0.250. The van der Waals surface area contributed by atoms with Gasteiger partial charge < -0.3 is 10.1 Å². The summed E-state index contributed by atoms with van der Waals surface area (Å²) in [7, 11) is 0. The number of aryl methyl sites for hydroxylation is 1. The van der Waals surface area contributed by atoms with Gasteiger partial charge in [0, 0.05) is 11.2 Å². The van der Waals surface area contributed by atoms with Crippen LogP contribution in [0.1, 0.15) is 18.9 Å². The molecule has 1 N–H and O–H groups in total. The SMILES string of the molecule is CC[C@@H](Oc1ccc(Cl)cc1Cl)C(=O)Nc1ncccc1C. The fourth-order valence-electron chi connectivity index (χ4n) is 1.86. The Labute approximate surface area is 139 Å². The molecule has 0 aliphatic heterocycles. The lowest BCUT2D eigenvalue weighted by molar-refractivity contribution is -0.122. The van der Waals surface area contributed by atoms with Crippen LogP contribution in [-0.4, -0.2) is 17.0 Å². The summed E-state index contributed by atoms with van der Waals surface area (Å²) in [6.45, 7) is 3.74. The highest BCUT2D eigenvalue weighted by atomic mass is 35.5. The Morgan fingerprint density at radius 3 is 2.77 bits per heavy atom. The summed E-state index contributed by atoms with van der Waals surface area (Å²) in [6, 6.07) is 8.57. The van der Waals surface area contributed by atoms with Crippen LogP contribution in [0.5, 0.6) is 5.75 Å². The topological polar surface area (TPSA) is 51.2 Å². The van der Waals surface area contributed by atoms with Gasteiger partial charge in [-0.15, -0.1) is 0 Å². The molecule has 1 aromatic heterocycles. The molecule has 2 aromatic rings. The summed E-state index contributed by atoms with van der Waals surface area (Å²) in [6.07, 6.45) is 1.46. The van der Waals surface area contributed by atoms with E-state index in [1.54, 1.807) is 24.4 Å². The second-order valence-electron chi connectivity index (χ2n) is 4.75. The zero-order valence-corrected chi connectivity index (χ0v) is 13.8. The standard InChI is InChI=1S/C16H16Cl2N2O2/c1-3-13(22-14-7-6-11(17)9-12(14)18)16(21)20-15-10(2)5-4-8-19-15/h4-9,13H,3H2,1-2H3,(H,19,20,21)/t13-/m1/s1. The Balaban J connectivity index is 2.11. The smallest absolute Gasteiger partial charge is 0.266 e. The van der Waals surface area contributed by atoms with Crippen molar-refractivity contribution in [1.29, 1.82) is 0 Å². The number of carbonyl (C=O) groups excluding carboxylic acids is 1. The minimum Gasteiger partial charge on any atom is -0.479 e. The van der Waals surface area contributed by atoms with Gasteiger partial charge in [-0.1, -0.05) is 36.2 Å². The van der Waals surface area contributed by atoms with Gasteiger partial charge in [0.1, 0.15) is 11.6 Å². The maximum Gasteiger partial charge on any atom is 0.266 e. The number of rotatable bonds is 5. The van der Waals surface area contributed by atoms with E-state index in [9.17, 15) is 4.79 Å². The first kappa shape index (κ1) is 16.6. The van der Waals surface area contributed by atoms with E-state index in [0.717, 1.165) is 5.56 Å². The van der Waals surface area contributed by atoms with Crippen molar-refractivity contribution in [3.05, 3.63) is 52.1 Å². The molecule has 116 valence electrons. The zero-order valence-electron chi connectivity index (χ0n) is 12.3. The molecule has 0 radical (unpaired) electrons. The zero-order chi connectivity index (χ0) is 16.1. The molecular weight excluding hydrogens is 323 g/mol. The van der Waals surface area contributed by atoms with Crippen molar-refractivity contribution in [3.8, 4) is 5.75 Å². The molecule has 0 spiro atoms. The molecule has 0 saturated carbocycles. The summed E-state index contributed by atoms with van der Waals surface area (Å²) >= 11 is 11.9. The van der Waals surface area contributed by atoms with Crippen molar-refractivity contribution in [2.75, 3.05) is 5.32 Å². The number of carbonyl (C=O) groups is 1. The Hall–Kier alpha value is -1.78. The molecule has 0 bridgehead atoms. The first-order chi connectivity index (χ1) is 10.5. The Kier molecular flexibility index (Phi) is 5.63. The van der Waals surface area contributed by atoms with E-state index in [2.05, 4.69) is 10.3 Å². The van der Waals surface area contributed by atoms with Gasteiger partial charge in [0.2, 0.25) is 0 Å². The minimum atomic E-state index is -0.667. The number of amides is 1. The molecule has 1 atom stereocenters. The van der Waals surface area contributed by atoms with E-state index in [4.69, 9.17) is 27.9 Å². The number of ether oxygens (including phenoxy) is 1. The van der Waals surface area contributed by atoms with Gasteiger partial charge in [-0.2, -0.15) is 0 Å². The van der Waals surface area contributed by atoms with Crippen LogP contribution in [0, 0.1) is 6.92 Å². The van der Waals surface area contributed by atoms with Crippen molar-refractivity contribution < 1.29 is 9.53 Å². The predicted molar refractivity (Wildman–Crippen MR) is 88.8 cm³/mol. The molecule has 22 heavy (non-hydrogen) atoms. The average Bonchev–Trinajstić information content (AvgIpc) is 2.49. The summed E-state index contributed by atoms with van der Waals surface area (Å²) in [5.74, 6) is 0.679. The molecule has 0 unspecified atom stereocenters. The van der Waals surface area contributed by atoms with Crippen molar-refractivity contribution >= 4 is 34.9 Å². The third-order valence-electron chi connectivity index (χ3n) is 3.08. The highest BCUT2D eigenvalue weighted by Gasteiger charge is 2.20. The quantitative estimate of drug-likeness (QED) is 0.873. The number of anilines is 1. The summed E-state index contributed by atoms with van der Waals surface area (Å²) in [5.41, 5.74) is 0.884. The number of halogens is 2. The van der Waals surface area contributed by atoms with E-state index in [1.807, 2.05) is 26.0 Å². The number of hydrogen-bond acceptors (Lipinski definition) is 3. The first-order valence-corrected chi connectivity index (χ1v) is 7.61. The Bertz CT molecular complexity index is 677. The van der Waals surface area contributed by atoms with Gasteiger partial charge in [-0.3, -0.25) is 4.79 Å². The molecule has 4 nitrogen and oxygen atoms in total. The van der Waals surface area contributed by atoms with E-state index < -0.39 is 6.10 Å². The molecule has 1 aromatic carbocycles. The first-order valence-electron chi connectivity index (χ1n) is 6.85. The molecular formula is C16H16Cl2N2O2. The lowest BCUT2D eigenvalue weighted by atomic mass is 10.2. The number of nitrogens with zero attached hydrogens (tertiary/aromatic N) is 1. The number of benzene rings is 1. The van der Waals surface area contributed by atoms with Crippen LogP contribution in [0.25, 0.3) is 0 Å². The molecule has 0 aliphatic rings. The maximum absolute atomic E-state index is 12.3. The summed E-state index contributed by atoms with van der Waals surface area (Å²) in [5, 5.41) is 3.65. The van der Waals surface area contributed by atoms with E-state index in [1.165, 1.54) is 0 Å². The molecule has 1 amide bonds. The van der Waals surface area contributed by atoms with Crippen molar-refractivity contribution in [2.24, 2.45) is 0 Å². The summed E-state index contributed by atoms with van der Waals surface area (Å²) < 4.78 is 5.69. The molecule has 0 saturated heterocycles. The van der Waals surface area contributed by atoms with Crippen LogP contribution in [0.15, 0.2) is 36.5 Å². The number of aromatic nitrogens is 1. The van der Waals surface area contributed by atoms with Gasteiger partial charge in [0.05, 0.1) is 5.02 Å². The van der Waals surface area contributed by atoms with E-state index in [0.29, 0.717) is 28.0 Å². The van der Waals surface area contributed by atoms with Gasteiger partial charge in [0.15, 0.2) is 6.10 Å². The van der Waals surface area contributed by atoms with Crippen molar-refractivity contribution in [2.45, 2.75) is 26.4 Å². The lowest BCUT2D eigenvalue weighted by Gasteiger charge is -2.18. The number of pyridine rings is 1. The Morgan fingerprint density at radius 1 is 1.36 bits per heavy atom. The predicted octanol–water partition coefficient (Wildman–Crippen LogP) is 4.49. The number of hydrogen-bond donors (Lipinski definition) is 1. The maximum atomic E-state index is 12.3. The van der Waals surface area contributed by atoms with Crippen LogP contribution in [-0.2, 0) is 4.79 Å². The van der Waals surface area contributed by atoms with Crippen LogP contribution in [0.4, 0.5) is 5.82 Å². The van der Waals surface area contributed by atoms with Crippen LogP contribution in [0.2, 0.25) is 10.0 Å². The van der Waals surface area contributed by atoms with Crippen LogP contribution < -0.4 is 10.1 Å². The largest absolute Gasteiger partial charge is 0.479 e. The second-order valence-corrected chi connectivity index (χ2v) is 5.59. The molecule has 1 heterocycles. The monoisotopic (exact) mass is 338 g/mol. The van der Waals surface area contributed by atoms with Crippen molar-refractivity contribution in [3.63, 3.8) is 0 Å². The summed E-state index contributed by atoms with van der Waals surface area (Å²) in [4.78, 5) is 16.5. The normalized spacial score (nSPS) is 11.8. The average molecular weight is 339 g/mol. The van der Waals surface area contributed by atoms with Gasteiger partial charge >= 0.3 is 0 Å². The highest BCUT2D eigenvalue weighted by molar-refractivity contribution is 6.35. The highest BCUT2D eigenvalue weighted by Crippen LogP contribution is 2.28. The molecule has 0 aliphatic carbocycles. The van der Waals surface area contributed by atoms with Gasteiger partial charge in [-0.25, -0.2) is 4.98 Å². The molecule has 2 rings (SSSR count). The number of nitrogens with one attached hydrogen (secondary N) is 1. The van der Waals surface area contributed by atoms with E-state index >= 15 is 0 Å². The van der Waals surface area contributed by atoms with Crippen molar-refractivity contribution in [1.82, 2.24) is 4.98 Å². The second kappa shape index (κ2) is 7.47. The Morgan fingerprint density at radius 2 is 2.14 bits per heavy atom. The third-order valence-corrected chi connectivity index (χ3v) is 3.61. The molecule has 6 heteroatoms. The molecule has 0 fully saturated rings. The lowest BCUT2D eigenvalue weighted by Crippen LogP contribution is -2.33. The van der Waals surface area contributed by atoms with Gasteiger partial charge in [0.25, 0.3) is 5.91 Å². The fourth-order valence-corrected chi connectivity index (χ4v) is 2.31. The van der Waals surface area contributed by atoms with Gasteiger partial charge in [-0.05, 0) is 43.2 Å².